The Bertz CT molecular complexity index is 759. The number of ether oxygens (including phenoxy) is 1. The number of benzene rings is 1. The average Bonchev–Trinajstić information content (AvgIpc) is 2.49. The largest absolute Gasteiger partial charge is 0.476 e. The summed E-state index contributed by atoms with van der Waals surface area (Å²) in [5.41, 5.74) is 3.14. The number of aromatic nitrogens is 1. The lowest BCUT2D eigenvalue weighted by atomic mass is 10.1. The van der Waals surface area contributed by atoms with Crippen LogP contribution < -0.4 is 10.1 Å². The maximum Gasteiger partial charge on any atom is 0.406 e. The van der Waals surface area contributed by atoms with Crippen molar-refractivity contribution in [2.24, 2.45) is 0 Å². The van der Waals surface area contributed by atoms with Crippen LogP contribution in [-0.4, -0.2) is 22.4 Å². The van der Waals surface area contributed by atoms with Gasteiger partial charge in [0.05, 0.1) is 0 Å². The molecule has 1 aromatic carbocycles. The lowest BCUT2D eigenvalue weighted by molar-refractivity contribution is -0.390. The molecular formula is C16H17N3O4. The van der Waals surface area contributed by atoms with Gasteiger partial charge in [-0.15, -0.1) is 0 Å². The number of hydrogen-bond donors (Lipinski definition) is 1. The van der Waals surface area contributed by atoms with Crippen LogP contribution >= 0.6 is 0 Å². The predicted octanol–water partition coefficient (Wildman–Crippen LogP) is 2.93. The fourth-order valence-corrected chi connectivity index (χ4v) is 1.97. The summed E-state index contributed by atoms with van der Waals surface area (Å²) < 4.78 is 5.24. The van der Waals surface area contributed by atoms with Gasteiger partial charge in [0.15, 0.2) is 6.61 Å². The van der Waals surface area contributed by atoms with Crippen LogP contribution in [0.25, 0.3) is 0 Å². The highest BCUT2D eigenvalue weighted by atomic mass is 16.6. The molecule has 0 aliphatic heterocycles. The fraction of sp³-hybridized carbons (Fsp3) is 0.250. The third-order valence-electron chi connectivity index (χ3n) is 3.18. The van der Waals surface area contributed by atoms with Crippen molar-refractivity contribution in [2.45, 2.75) is 20.8 Å². The molecule has 1 heterocycles. The summed E-state index contributed by atoms with van der Waals surface area (Å²) in [6.45, 7) is 5.11. The van der Waals surface area contributed by atoms with E-state index in [1.54, 1.807) is 13.0 Å². The van der Waals surface area contributed by atoms with Crippen LogP contribution in [0.5, 0.6) is 5.75 Å². The Balaban J connectivity index is 2.05. The number of anilines is 1. The van der Waals surface area contributed by atoms with E-state index >= 15 is 0 Å². The number of nitrogens with zero attached hydrogens (tertiary/aromatic N) is 2. The second-order valence-corrected chi connectivity index (χ2v) is 5.19. The molecule has 1 aromatic heterocycles. The molecule has 0 aliphatic carbocycles. The lowest BCUT2D eigenvalue weighted by Crippen LogP contribution is -2.21. The molecule has 0 fully saturated rings. The molecule has 0 saturated heterocycles. The van der Waals surface area contributed by atoms with Crippen molar-refractivity contribution < 1.29 is 14.5 Å². The van der Waals surface area contributed by atoms with Gasteiger partial charge in [-0.1, -0.05) is 12.1 Å². The average molecular weight is 315 g/mol. The van der Waals surface area contributed by atoms with Crippen molar-refractivity contribution in [2.75, 3.05) is 11.9 Å². The highest BCUT2D eigenvalue weighted by Crippen LogP contribution is 2.24. The van der Waals surface area contributed by atoms with Gasteiger partial charge in [0.2, 0.25) is 5.75 Å². The summed E-state index contributed by atoms with van der Waals surface area (Å²) in [6, 6.07) is 8.73. The number of nitrogens with one attached hydrogen (secondary N) is 1. The second-order valence-electron chi connectivity index (χ2n) is 5.19. The number of carbonyl (C=O) groups excluding carboxylic acids is 1. The van der Waals surface area contributed by atoms with E-state index in [4.69, 9.17) is 4.74 Å². The van der Waals surface area contributed by atoms with Crippen LogP contribution in [0, 0.1) is 30.9 Å². The fourth-order valence-electron chi connectivity index (χ4n) is 1.97. The highest BCUT2D eigenvalue weighted by molar-refractivity contribution is 5.92. The van der Waals surface area contributed by atoms with Gasteiger partial charge in [0, 0.05) is 12.6 Å². The van der Waals surface area contributed by atoms with Crippen LogP contribution in [0.2, 0.25) is 0 Å². The minimum absolute atomic E-state index is 0.0308. The Kier molecular flexibility index (Phi) is 4.90. The van der Waals surface area contributed by atoms with Crippen molar-refractivity contribution in [3.05, 3.63) is 57.3 Å². The molecule has 0 aliphatic rings. The first-order valence-corrected chi connectivity index (χ1v) is 6.99. The topological polar surface area (TPSA) is 94.4 Å². The molecule has 2 aromatic rings. The molecule has 0 bridgehead atoms. The zero-order valence-corrected chi connectivity index (χ0v) is 13.1. The van der Waals surface area contributed by atoms with E-state index < -0.39 is 16.6 Å². The molecule has 0 atom stereocenters. The Morgan fingerprint density at radius 3 is 2.70 bits per heavy atom. The number of carbonyl (C=O) groups is 1. The van der Waals surface area contributed by atoms with Crippen LogP contribution in [0.1, 0.15) is 16.8 Å². The smallest absolute Gasteiger partial charge is 0.406 e. The van der Waals surface area contributed by atoms with Gasteiger partial charge in [-0.25, -0.2) is 0 Å². The van der Waals surface area contributed by atoms with E-state index in [0.717, 1.165) is 11.1 Å². The standard InChI is InChI=1S/C16H17N3O4/c1-10-4-5-11(2)13(8-10)18-15(20)9-23-14-7-6-12(3)17-16(14)19(21)22/h4-8H,9H2,1-3H3,(H,18,20). The Hall–Kier alpha value is -2.96. The van der Waals surface area contributed by atoms with Gasteiger partial charge in [0.1, 0.15) is 5.69 Å². The Morgan fingerprint density at radius 1 is 1.26 bits per heavy atom. The number of hydrogen-bond acceptors (Lipinski definition) is 5. The number of rotatable bonds is 5. The van der Waals surface area contributed by atoms with Gasteiger partial charge >= 0.3 is 5.82 Å². The van der Waals surface area contributed by atoms with E-state index in [-0.39, 0.29) is 12.4 Å². The summed E-state index contributed by atoms with van der Waals surface area (Å²) in [7, 11) is 0. The van der Waals surface area contributed by atoms with E-state index in [2.05, 4.69) is 10.3 Å². The first-order valence-electron chi connectivity index (χ1n) is 6.99. The molecule has 2 rings (SSSR count). The Morgan fingerprint density at radius 2 is 2.00 bits per heavy atom. The minimum Gasteiger partial charge on any atom is -0.476 e. The first kappa shape index (κ1) is 16.4. The molecule has 0 unspecified atom stereocenters. The number of nitro groups is 1. The van der Waals surface area contributed by atoms with Gasteiger partial charge in [-0.3, -0.25) is 4.79 Å². The maximum absolute atomic E-state index is 12.0. The SMILES string of the molecule is Cc1ccc(C)c(NC(=O)COc2ccc(C)nc2[N+](=O)[O-])c1. The van der Waals surface area contributed by atoms with E-state index in [1.807, 2.05) is 32.0 Å². The number of pyridine rings is 1. The zero-order chi connectivity index (χ0) is 17.0. The molecule has 1 N–H and O–H groups in total. The molecular weight excluding hydrogens is 298 g/mol. The van der Waals surface area contributed by atoms with Gasteiger partial charge in [-0.05, 0) is 53.1 Å². The molecule has 7 nitrogen and oxygen atoms in total. The third-order valence-corrected chi connectivity index (χ3v) is 3.18. The number of amides is 1. The highest BCUT2D eigenvalue weighted by Gasteiger charge is 2.18. The molecule has 0 saturated carbocycles. The van der Waals surface area contributed by atoms with Crippen molar-refractivity contribution in [1.29, 1.82) is 0 Å². The maximum atomic E-state index is 12.0. The van der Waals surface area contributed by atoms with Crippen LogP contribution in [0.3, 0.4) is 0 Å². The van der Waals surface area contributed by atoms with Gasteiger partial charge < -0.3 is 20.2 Å². The quantitative estimate of drug-likeness (QED) is 0.676. The monoisotopic (exact) mass is 315 g/mol. The Labute approximate surface area is 133 Å². The van der Waals surface area contributed by atoms with Crippen molar-refractivity contribution in [3.63, 3.8) is 0 Å². The molecule has 0 radical (unpaired) electrons. The van der Waals surface area contributed by atoms with Crippen LogP contribution in [0.4, 0.5) is 11.5 Å². The number of aryl methyl sites for hydroxylation is 3. The molecule has 0 spiro atoms. The molecule has 7 heteroatoms. The van der Waals surface area contributed by atoms with Crippen molar-refractivity contribution in [1.82, 2.24) is 4.98 Å². The third kappa shape index (κ3) is 4.26. The normalized spacial score (nSPS) is 10.2. The summed E-state index contributed by atoms with van der Waals surface area (Å²) in [5.74, 6) is -0.824. The second kappa shape index (κ2) is 6.87. The van der Waals surface area contributed by atoms with E-state index in [9.17, 15) is 14.9 Å². The summed E-state index contributed by atoms with van der Waals surface area (Å²) in [4.78, 5) is 26.1. The molecule has 1 amide bonds. The lowest BCUT2D eigenvalue weighted by Gasteiger charge is -2.10. The van der Waals surface area contributed by atoms with Gasteiger partial charge in [0.25, 0.3) is 5.91 Å². The first-order chi connectivity index (χ1) is 10.9. The molecule has 120 valence electrons. The zero-order valence-electron chi connectivity index (χ0n) is 13.1. The van der Waals surface area contributed by atoms with E-state index in [0.29, 0.717) is 11.4 Å². The van der Waals surface area contributed by atoms with Gasteiger partial charge in [-0.2, -0.15) is 0 Å². The summed E-state index contributed by atoms with van der Waals surface area (Å²) in [6.07, 6.45) is 0. The van der Waals surface area contributed by atoms with Crippen molar-refractivity contribution in [3.8, 4) is 5.75 Å². The predicted molar refractivity (Wildman–Crippen MR) is 85.7 cm³/mol. The van der Waals surface area contributed by atoms with Crippen LogP contribution in [0.15, 0.2) is 30.3 Å². The van der Waals surface area contributed by atoms with Crippen molar-refractivity contribution >= 4 is 17.4 Å². The summed E-state index contributed by atoms with van der Waals surface area (Å²) in [5, 5.41) is 13.7. The minimum atomic E-state index is -0.634. The summed E-state index contributed by atoms with van der Waals surface area (Å²) >= 11 is 0. The van der Waals surface area contributed by atoms with E-state index in [1.165, 1.54) is 6.07 Å². The van der Waals surface area contributed by atoms with Crippen LogP contribution in [-0.2, 0) is 4.79 Å². The molecule has 23 heavy (non-hydrogen) atoms.